The Bertz CT molecular complexity index is 614. The van der Waals surface area contributed by atoms with Gasteiger partial charge in [0.2, 0.25) is 11.8 Å². The molecule has 2 amide bonds. The van der Waals surface area contributed by atoms with E-state index in [2.05, 4.69) is 5.32 Å². The van der Waals surface area contributed by atoms with Crippen molar-refractivity contribution in [3.05, 3.63) is 47.5 Å². The predicted molar refractivity (Wildman–Crippen MR) is 94.4 cm³/mol. The van der Waals surface area contributed by atoms with E-state index in [1.807, 2.05) is 42.2 Å². The monoisotopic (exact) mass is 326 g/mol. The van der Waals surface area contributed by atoms with Crippen LogP contribution in [0, 0.1) is 5.92 Å². The Labute approximate surface area is 143 Å². The third kappa shape index (κ3) is 4.47. The zero-order chi connectivity index (χ0) is 16.9. The molecule has 1 saturated carbocycles. The van der Waals surface area contributed by atoms with Crippen LogP contribution in [0.4, 0.5) is 0 Å². The Morgan fingerprint density at radius 2 is 1.88 bits per heavy atom. The number of carbonyl (C=O) groups excluding carboxylic acids is 2. The second kappa shape index (κ2) is 7.65. The molecule has 3 rings (SSSR count). The highest BCUT2D eigenvalue weighted by molar-refractivity contribution is 5.93. The van der Waals surface area contributed by atoms with Crippen molar-refractivity contribution in [2.45, 2.75) is 45.1 Å². The third-order valence-electron chi connectivity index (χ3n) is 4.90. The Hall–Kier alpha value is -2.10. The van der Waals surface area contributed by atoms with Crippen molar-refractivity contribution in [1.29, 1.82) is 0 Å². The SMILES string of the molecule is CC(=CC(=O)NC(Cc1ccccc1)C(=O)N1CCCC1)C1CC1. The standard InChI is InChI=1S/C20H26N2O2/c1-15(17-9-10-17)13-19(23)21-18(14-16-7-3-2-4-8-16)20(24)22-11-5-6-12-22/h2-4,7-8,13,17-18H,5-6,9-12,14H2,1H3,(H,21,23). The zero-order valence-electron chi connectivity index (χ0n) is 14.3. The summed E-state index contributed by atoms with van der Waals surface area (Å²) in [5.41, 5.74) is 2.19. The van der Waals surface area contributed by atoms with Gasteiger partial charge in [-0.1, -0.05) is 35.9 Å². The lowest BCUT2D eigenvalue weighted by molar-refractivity contribution is -0.134. The van der Waals surface area contributed by atoms with Gasteiger partial charge in [-0.05, 0) is 44.1 Å². The van der Waals surface area contributed by atoms with Gasteiger partial charge in [-0.25, -0.2) is 0 Å². The fraction of sp³-hybridized carbons (Fsp3) is 0.500. The fourth-order valence-corrected chi connectivity index (χ4v) is 3.28. The summed E-state index contributed by atoms with van der Waals surface area (Å²) in [6, 6.07) is 9.41. The Morgan fingerprint density at radius 3 is 2.50 bits per heavy atom. The average Bonchev–Trinajstić information content (AvgIpc) is 3.29. The summed E-state index contributed by atoms with van der Waals surface area (Å²) in [7, 11) is 0. The molecule has 24 heavy (non-hydrogen) atoms. The predicted octanol–water partition coefficient (Wildman–Crippen LogP) is 2.69. The second-order valence-corrected chi connectivity index (χ2v) is 6.95. The lowest BCUT2D eigenvalue weighted by atomic mass is 10.0. The molecular weight excluding hydrogens is 300 g/mol. The van der Waals surface area contributed by atoms with Gasteiger partial charge in [0, 0.05) is 25.6 Å². The van der Waals surface area contributed by atoms with Crippen molar-refractivity contribution < 1.29 is 9.59 Å². The number of hydrogen-bond acceptors (Lipinski definition) is 2. The summed E-state index contributed by atoms with van der Waals surface area (Å²) >= 11 is 0. The molecule has 0 spiro atoms. The van der Waals surface area contributed by atoms with Crippen molar-refractivity contribution in [3.63, 3.8) is 0 Å². The highest BCUT2D eigenvalue weighted by Gasteiger charge is 2.28. The summed E-state index contributed by atoms with van der Waals surface area (Å²) in [5.74, 6) is 0.465. The highest BCUT2D eigenvalue weighted by Crippen LogP contribution is 2.35. The fourth-order valence-electron chi connectivity index (χ4n) is 3.28. The first kappa shape index (κ1) is 16.7. The van der Waals surface area contributed by atoms with Crippen LogP contribution in [0.15, 0.2) is 42.0 Å². The van der Waals surface area contributed by atoms with Crippen LogP contribution in [0.2, 0.25) is 0 Å². The Morgan fingerprint density at radius 1 is 1.21 bits per heavy atom. The third-order valence-corrected chi connectivity index (χ3v) is 4.90. The molecule has 1 aliphatic carbocycles. The molecule has 1 aromatic carbocycles. The van der Waals surface area contributed by atoms with Gasteiger partial charge in [0.1, 0.15) is 6.04 Å². The lowest BCUT2D eigenvalue weighted by Gasteiger charge is -2.24. The van der Waals surface area contributed by atoms with Crippen molar-refractivity contribution in [3.8, 4) is 0 Å². The van der Waals surface area contributed by atoms with Crippen molar-refractivity contribution in [2.75, 3.05) is 13.1 Å². The highest BCUT2D eigenvalue weighted by atomic mass is 16.2. The van der Waals surface area contributed by atoms with Gasteiger partial charge in [-0.3, -0.25) is 9.59 Å². The summed E-state index contributed by atoms with van der Waals surface area (Å²) < 4.78 is 0. The molecule has 1 aliphatic heterocycles. The number of hydrogen-bond donors (Lipinski definition) is 1. The number of carbonyl (C=O) groups is 2. The number of likely N-dealkylation sites (tertiary alicyclic amines) is 1. The lowest BCUT2D eigenvalue weighted by Crippen LogP contribution is -2.48. The van der Waals surface area contributed by atoms with Crippen LogP contribution in [0.1, 0.15) is 38.2 Å². The van der Waals surface area contributed by atoms with Crippen LogP contribution >= 0.6 is 0 Å². The van der Waals surface area contributed by atoms with Crippen LogP contribution in [0.5, 0.6) is 0 Å². The van der Waals surface area contributed by atoms with Gasteiger partial charge < -0.3 is 10.2 Å². The van der Waals surface area contributed by atoms with E-state index < -0.39 is 6.04 Å². The molecular formula is C20H26N2O2. The molecule has 1 aromatic rings. The molecule has 1 N–H and O–H groups in total. The van der Waals surface area contributed by atoms with Gasteiger partial charge in [-0.15, -0.1) is 0 Å². The number of allylic oxidation sites excluding steroid dienone is 1. The number of rotatable bonds is 6. The van der Waals surface area contributed by atoms with Crippen LogP contribution < -0.4 is 5.32 Å². The Kier molecular flexibility index (Phi) is 5.34. The van der Waals surface area contributed by atoms with E-state index in [1.165, 1.54) is 12.8 Å². The molecule has 0 aromatic heterocycles. The zero-order valence-corrected chi connectivity index (χ0v) is 14.3. The van der Waals surface area contributed by atoms with Gasteiger partial charge in [0.25, 0.3) is 0 Å². The number of nitrogens with zero attached hydrogens (tertiary/aromatic N) is 1. The Balaban J connectivity index is 1.69. The molecule has 2 aliphatic rings. The molecule has 4 heteroatoms. The first-order valence-electron chi connectivity index (χ1n) is 8.95. The van der Waals surface area contributed by atoms with E-state index in [-0.39, 0.29) is 11.8 Å². The minimum Gasteiger partial charge on any atom is -0.341 e. The summed E-state index contributed by atoms with van der Waals surface area (Å²) in [4.78, 5) is 27.0. The summed E-state index contributed by atoms with van der Waals surface area (Å²) in [5, 5.41) is 2.95. The maximum absolute atomic E-state index is 12.8. The molecule has 1 heterocycles. The van der Waals surface area contributed by atoms with Crippen LogP contribution in [-0.2, 0) is 16.0 Å². The van der Waals surface area contributed by atoms with Crippen LogP contribution in [-0.4, -0.2) is 35.8 Å². The second-order valence-electron chi connectivity index (χ2n) is 6.95. The molecule has 2 fully saturated rings. The van der Waals surface area contributed by atoms with Crippen molar-refractivity contribution >= 4 is 11.8 Å². The number of nitrogens with one attached hydrogen (secondary N) is 1. The van der Waals surface area contributed by atoms with E-state index >= 15 is 0 Å². The van der Waals surface area contributed by atoms with Gasteiger partial charge in [0.15, 0.2) is 0 Å². The topological polar surface area (TPSA) is 49.4 Å². The van der Waals surface area contributed by atoms with Gasteiger partial charge >= 0.3 is 0 Å². The first-order valence-corrected chi connectivity index (χ1v) is 8.95. The van der Waals surface area contributed by atoms with E-state index in [0.717, 1.165) is 37.1 Å². The number of amides is 2. The van der Waals surface area contributed by atoms with E-state index in [9.17, 15) is 9.59 Å². The minimum atomic E-state index is -0.485. The smallest absolute Gasteiger partial charge is 0.245 e. The minimum absolute atomic E-state index is 0.0437. The molecule has 4 nitrogen and oxygen atoms in total. The molecule has 1 atom stereocenters. The van der Waals surface area contributed by atoms with Gasteiger partial charge in [0.05, 0.1) is 0 Å². The number of benzene rings is 1. The first-order chi connectivity index (χ1) is 11.6. The van der Waals surface area contributed by atoms with E-state index in [4.69, 9.17) is 0 Å². The largest absolute Gasteiger partial charge is 0.341 e. The van der Waals surface area contributed by atoms with E-state index in [1.54, 1.807) is 6.08 Å². The average molecular weight is 326 g/mol. The molecule has 1 unspecified atom stereocenters. The summed E-state index contributed by atoms with van der Waals surface area (Å²) in [6.45, 7) is 3.61. The quantitative estimate of drug-likeness (QED) is 0.817. The normalized spacial score (nSPS) is 19.2. The van der Waals surface area contributed by atoms with Crippen LogP contribution in [0.3, 0.4) is 0 Å². The molecule has 0 radical (unpaired) electrons. The molecule has 128 valence electrons. The molecule has 1 saturated heterocycles. The van der Waals surface area contributed by atoms with Gasteiger partial charge in [-0.2, -0.15) is 0 Å². The van der Waals surface area contributed by atoms with E-state index in [0.29, 0.717) is 12.3 Å². The molecule has 0 bridgehead atoms. The van der Waals surface area contributed by atoms with Crippen molar-refractivity contribution in [1.82, 2.24) is 10.2 Å². The summed E-state index contributed by atoms with van der Waals surface area (Å²) in [6.07, 6.45) is 6.67. The maximum Gasteiger partial charge on any atom is 0.245 e. The van der Waals surface area contributed by atoms with Crippen LogP contribution in [0.25, 0.3) is 0 Å². The van der Waals surface area contributed by atoms with Crippen molar-refractivity contribution in [2.24, 2.45) is 5.92 Å². The maximum atomic E-state index is 12.8.